The molecule has 0 spiro atoms. The number of aliphatic hydroxyl groups excluding tert-OH is 2. The topological polar surface area (TPSA) is 49.7 Å². The molecule has 3 heteroatoms. The summed E-state index contributed by atoms with van der Waals surface area (Å²) in [5, 5.41) is 17.9. The first-order valence-corrected chi connectivity index (χ1v) is 3.91. The maximum atomic E-state index is 9.01. The highest BCUT2D eigenvalue weighted by Crippen LogP contribution is 2.41. The lowest BCUT2D eigenvalue weighted by atomic mass is 9.91. The van der Waals surface area contributed by atoms with Crippen LogP contribution in [0, 0.1) is 0 Å². The molecule has 0 amide bonds. The van der Waals surface area contributed by atoms with Gasteiger partial charge >= 0.3 is 0 Å². The molecule has 2 aliphatic heterocycles. The molecule has 2 N–H and O–H groups in total. The van der Waals surface area contributed by atoms with E-state index in [1.54, 1.807) is 0 Å². The average Bonchev–Trinajstić information content (AvgIpc) is 2.61. The molecule has 0 radical (unpaired) electrons. The van der Waals surface area contributed by atoms with Gasteiger partial charge in [0.1, 0.15) is 5.60 Å². The van der Waals surface area contributed by atoms with E-state index in [4.69, 9.17) is 14.9 Å². The van der Waals surface area contributed by atoms with Crippen LogP contribution in [0.4, 0.5) is 0 Å². The first-order chi connectivity index (χ1) is 5.29. The van der Waals surface area contributed by atoms with Crippen molar-refractivity contribution in [2.45, 2.75) is 24.5 Å². The Hall–Kier alpha value is -0.380. The van der Waals surface area contributed by atoms with Gasteiger partial charge < -0.3 is 14.9 Å². The van der Waals surface area contributed by atoms with Gasteiger partial charge in [-0.05, 0) is 24.5 Å². The Morgan fingerprint density at radius 3 is 2.91 bits per heavy atom. The zero-order valence-electron chi connectivity index (χ0n) is 6.29. The molecule has 1 saturated heterocycles. The van der Waals surface area contributed by atoms with Crippen LogP contribution in [0.1, 0.15) is 12.8 Å². The van der Waals surface area contributed by atoms with E-state index in [-0.39, 0.29) is 19.3 Å². The number of fused-ring (bicyclic) bond motifs is 2. The standard InChI is InChI=1S/C8H12O3/c9-4-6-3-8(5-10)2-1-7(6)11-8/h3,7,9-10H,1-2,4-5H2. The van der Waals surface area contributed by atoms with Crippen LogP contribution in [-0.4, -0.2) is 35.1 Å². The molecule has 0 aliphatic carbocycles. The van der Waals surface area contributed by atoms with E-state index in [0.717, 1.165) is 18.4 Å². The summed E-state index contributed by atoms with van der Waals surface area (Å²) in [7, 11) is 0. The highest BCUT2D eigenvalue weighted by molar-refractivity contribution is 5.26. The van der Waals surface area contributed by atoms with E-state index >= 15 is 0 Å². The molecule has 11 heavy (non-hydrogen) atoms. The van der Waals surface area contributed by atoms with Crippen molar-refractivity contribution in [1.29, 1.82) is 0 Å². The van der Waals surface area contributed by atoms with E-state index in [1.807, 2.05) is 6.08 Å². The molecule has 0 saturated carbocycles. The van der Waals surface area contributed by atoms with E-state index in [9.17, 15) is 0 Å². The fourth-order valence-electron chi connectivity index (χ4n) is 1.88. The minimum Gasteiger partial charge on any atom is -0.393 e. The second kappa shape index (κ2) is 2.30. The lowest BCUT2D eigenvalue weighted by Gasteiger charge is -2.17. The van der Waals surface area contributed by atoms with E-state index in [2.05, 4.69) is 0 Å². The van der Waals surface area contributed by atoms with Gasteiger partial charge in [-0.15, -0.1) is 0 Å². The molecular weight excluding hydrogens is 144 g/mol. The van der Waals surface area contributed by atoms with Crippen LogP contribution in [0.25, 0.3) is 0 Å². The average molecular weight is 156 g/mol. The molecule has 2 aliphatic rings. The first kappa shape index (κ1) is 7.28. The summed E-state index contributed by atoms with van der Waals surface area (Å²) in [4.78, 5) is 0. The quantitative estimate of drug-likeness (QED) is 0.546. The summed E-state index contributed by atoms with van der Waals surface area (Å²) in [6.45, 7) is 0.0966. The smallest absolute Gasteiger partial charge is 0.111 e. The lowest BCUT2D eigenvalue weighted by Crippen LogP contribution is -2.27. The molecule has 2 rings (SSSR count). The molecule has 2 heterocycles. The largest absolute Gasteiger partial charge is 0.393 e. The zero-order valence-corrected chi connectivity index (χ0v) is 6.29. The number of rotatable bonds is 2. The van der Waals surface area contributed by atoms with Gasteiger partial charge in [-0.2, -0.15) is 0 Å². The van der Waals surface area contributed by atoms with Crippen LogP contribution in [0.3, 0.4) is 0 Å². The number of hydrogen-bond donors (Lipinski definition) is 2. The van der Waals surface area contributed by atoms with Crippen molar-refractivity contribution in [3.05, 3.63) is 11.6 Å². The molecule has 0 aromatic carbocycles. The normalized spacial score (nSPS) is 41.3. The number of ether oxygens (including phenoxy) is 1. The third kappa shape index (κ3) is 0.922. The summed E-state index contributed by atoms with van der Waals surface area (Å²) in [6.07, 6.45) is 3.78. The molecule has 0 aromatic rings. The summed E-state index contributed by atoms with van der Waals surface area (Å²) in [5.74, 6) is 0. The highest BCUT2D eigenvalue weighted by Gasteiger charge is 2.45. The van der Waals surface area contributed by atoms with Crippen molar-refractivity contribution in [3.8, 4) is 0 Å². The Kier molecular flexibility index (Phi) is 1.52. The Balaban J connectivity index is 2.23. The monoisotopic (exact) mass is 156 g/mol. The number of hydrogen-bond acceptors (Lipinski definition) is 3. The van der Waals surface area contributed by atoms with Crippen LogP contribution in [-0.2, 0) is 4.74 Å². The third-order valence-electron chi connectivity index (χ3n) is 2.52. The molecular formula is C8H12O3. The Labute approximate surface area is 65.3 Å². The van der Waals surface area contributed by atoms with Gasteiger partial charge in [-0.25, -0.2) is 0 Å². The molecule has 1 fully saturated rings. The van der Waals surface area contributed by atoms with Crippen molar-refractivity contribution in [3.63, 3.8) is 0 Å². The fourth-order valence-corrected chi connectivity index (χ4v) is 1.88. The van der Waals surface area contributed by atoms with E-state index in [1.165, 1.54) is 0 Å². The highest BCUT2D eigenvalue weighted by atomic mass is 16.5. The van der Waals surface area contributed by atoms with Gasteiger partial charge in [0.15, 0.2) is 0 Å². The van der Waals surface area contributed by atoms with E-state index in [0.29, 0.717) is 0 Å². The maximum Gasteiger partial charge on any atom is 0.111 e. The van der Waals surface area contributed by atoms with Gasteiger partial charge in [0.05, 0.1) is 19.3 Å². The van der Waals surface area contributed by atoms with Crippen LogP contribution in [0.5, 0.6) is 0 Å². The summed E-state index contributed by atoms with van der Waals surface area (Å²) in [6, 6.07) is 0. The van der Waals surface area contributed by atoms with Gasteiger partial charge in [-0.3, -0.25) is 0 Å². The molecule has 2 atom stereocenters. The lowest BCUT2D eigenvalue weighted by molar-refractivity contribution is -0.0116. The Morgan fingerprint density at radius 1 is 1.64 bits per heavy atom. The molecule has 2 unspecified atom stereocenters. The number of aliphatic hydroxyl groups is 2. The molecule has 0 aromatic heterocycles. The fraction of sp³-hybridized carbons (Fsp3) is 0.750. The summed E-state index contributed by atoms with van der Waals surface area (Å²) < 4.78 is 5.51. The van der Waals surface area contributed by atoms with Crippen molar-refractivity contribution in [2.24, 2.45) is 0 Å². The first-order valence-electron chi connectivity index (χ1n) is 3.91. The van der Waals surface area contributed by atoms with Crippen molar-refractivity contribution in [2.75, 3.05) is 13.2 Å². The second-order valence-corrected chi connectivity index (χ2v) is 3.25. The minimum absolute atomic E-state index is 0.0347. The van der Waals surface area contributed by atoms with Gasteiger partial charge in [0.25, 0.3) is 0 Å². The van der Waals surface area contributed by atoms with Gasteiger partial charge in [0, 0.05) is 0 Å². The van der Waals surface area contributed by atoms with Crippen LogP contribution in [0.15, 0.2) is 11.6 Å². The van der Waals surface area contributed by atoms with Crippen molar-refractivity contribution >= 4 is 0 Å². The third-order valence-corrected chi connectivity index (χ3v) is 2.52. The maximum absolute atomic E-state index is 9.01. The Morgan fingerprint density at radius 2 is 2.45 bits per heavy atom. The Bertz CT molecular complexity index is 200. The minimum atomic E-state index is -0.442. The predicted molar refractivity (Wildman–Crippen MR) is 39.1 cm³/mol. The van der Waals surface area contributed by atoms with E-state index < -0.39 is 5.60 Å². The summed E-state index contributed by atoms with van der Waals surface area (Å²) >= 11 is 0. The molecule has 62 valence electrons. The van der Waals surface area contributed by atoms with Crippen LogP contribution < -0.4 is 0 Å². The van der Waals surface area contributed by atoms with Crippen LogP contribution >= 0.6 is 0 Å². The van der Waals surface area contributed by atoms with Gasteiger partial charge in [0.2, 0.25) is 0 Å². The molecule has 2 bridgehead atoms. The zero-order chi connectivity index (χ0) is 7.90. The van der Waals surface area contributed by atoms with Crippen molar-refractivity contribution < 1.29 is 14.9 Å². The van der Waals surface area contributed by atoms with Gasteiger partial charge in [-0.1, -0.05) is 0 Å². The van der Waals surface area contributed by atoms with Crippen LogP contribution in [0.2, 0.25) is 0 Å². The second-order valence-electron chi connectivity index (χ2n) is 3.25. The predicted octanol–water partition coefficient (Wildman–Crippen LogP) is -0.171. The SMILES string of the molecule is OCC1=CC2(CO)CCC1O2. The molecule has 3 nitrogen and oxygen atoms in total. The van der Waals surface area contributed by atoms with Crippen molar-refractivity contribution in [1.82, 2.24) is 0 Å². The summed E-state index contributed by atoms with van der Waals surface area (Å²) in [5.41, 5.74) is 0.494.